The zero-order valence-electron chi connectivity index (χ0n) is 7.30. The number of hydrogen-bond acceptors (Lipinski definition) is 1. The molecule has 0 bridgehead atoms. The van der Waals surface area contributed by atoms with Crippen molar-refractivity contribution in [3.05, 3.63) is 12.7 Å². The number of hydrogen-bond donors (Lipinski definition) is 1. The molecule has 0 aliphatic heterocycles. The summed E-state index contributed by atoms with van der Waals surface area (Å²) >= 11 is 0. The summed E-state index contributed by atoms with van der Waals surface area (Å²) in [6.45, 7) is 7.50. The summed E-state index contributed by atoms with van der Waals surface area (Å²) in [6, 6.07) is 0. The van der Waals surface area contributed by atoms with E-state index in [0.29, 0.717) is 0 Å². The third kappa shape index (κ3) is 4.64. The molecular formula is C10H16O. The van der Waals surface area contributed by atoms with Crippen molar-refractivity contribution >= 4 is 0 Å². The van der Waals surface area contributed by atoms with Gasteiger partial charge in [-0.1, -0.05) is 19.9 Å². The summed E-state index contributed by atoms with van der Waals surface area (Å²) in [7, 11) is 0. The van der Waals surface area contributed by atoms with Gasteiger partial charge in [-0.05, 0) is 5.92 Å². The van der Waals surface area contributed by atoms with E-state index in [-0.39, 0.29) is 5.92 Å². The molecule has 0 heterocycles. The predicted octanol–water partition coefficient (Wildman–Crippen LogP) is 1.97. The molecule has 0 radical (unpaired) electrons. The Morgan fingerprint density at radius 3 is 2.64 bits per heavy atom. The third-order valence-electron chi connectivity index (χ3n) is 1.55. The minimum Gasteiger partial charge on any atom is -0.389 e. The van der Waals surface area contributed by atoms with Crippen LogP contribution in [0.5, 0.6) is 0 Å². The second-order valence-electron chi connectivity index (χ2n) is 2.61. The van der Waals surface area contributed by atoms with E-state index in [1.54, 1.807) is 6.08 Å². The van der Waals surface area contributed by atoms with Crippen molar-refractivity contribution in [2.75, 3.05) is 0 Å². The van der Waals surface area contributed by atoms with Crippen molar-refractivity contribution in [1.29, 1.82) is 0 Å². The van der Waals surface area contributed by atoms with Crippen molar-refractivity contribution in [3.8, 4) is 11.8 Å². The maximum atomic E-state index is 9.24. The summed E-state index contributed by atoms with van der Waals surface area (Å²) < 4.78 is 0. The lowest BCUT2D eigenvalue weighted by Gasteiger charge is -2.10. The van der Waals surface area contributed by atoms with E-state index < -0.39 is 6.10 Å². The van der Waals surface area contributed by atoms with Crippen LogP contribution < -0.4 is 0 Å². The average Bonchev–Trinajstić information content (AvgIpc) is 2.03. The molecule has 62 valence electrons. The van der Waals surface area contributed by atoms with Crippen LogP contribution in [0, 0.1) is 17.8 Å². The molecule has 0 spiro atoms. The van der Waals surface area contributed by atoms with Gasteiger partial charge in [-0.25, -0.2) is 0 Å². The molecule has 0 aliphatic rings. The lowest BCUT2D eigenvalue weighted by molar-refractivity contribution is 0.165. The summed E-state index contributed by atoms with van der Waals surface area (Å²) in [5.41, 5.74) is 0. The second-order valence-corrected chi connectivity index (χ2v) is 2.61. The Morgan fingerprint density at radius 2 is 2.18 bits per heavy atom. The van der Waals surface area contributed by atoms with Crippen molar-refractivity contribution in [2.24, 2.45) is 5.92 Å². The van der Waals surface area contributed by atoms with Crippen LogP contribution in [0.4, 0.5) is 0 Å². The summed E-state index contributed by atoms with van der Waals surface area (Å²) in [5.74, 6) is 6.16. The van der Waals surface area contributed by atoms with Crippen molar-refractivity contribution in [2.45, 2.75) is 32.8 Å². The van der Waals surface area contributed by atoms with Crippen molar-refractivity contribution in [1.82, 2.24) is 0 Å². The fraction of sp³-hybridized carbons (Fsp3) is 0.600. The van der Waals surface area contributed by atoms with E-state index in [9.17, 15) is 5.11 Å². The standard InChI is InChI=1S/C10H16O/c1-4-6-7-8-9(3)10(11)5-2/h5,9-11H,2,4,8H2,1,3H3/t9-,10-/m0/s1. The normalized spacial score (nSPS) is 14.5. The van der Waals surface area contributed by atoms with E-state index in [4.69, 9.17) is 0 Å². The molecule has 0 aromatic carbocycles. The van der Waals surface area contributed by atoms with Gasteiger partial charge in [0.15, 0.2) is 0 Å². The molecule has 0 amide bonds. The topological polar surface area (TPSA) is 20.2 Å². The molecule has 11 heavy (non-hydrogen) atoms. The molecule has 0 saturated heterocycles. The number of aliphatic hydroxyl groups is 1. The quantitative estimate of drug-likeness (QED) is 0.484. The Morgan fingerprint density at radius 1 is 1.55 bits per heavy atom. The van der Waals surface area contributed by atoms with Gasteiger partial charge >= 0.3 is 0 Å². The molecule has 0 rings (SSSR count). The SMILES string of the molecule is C=C[C@H](O)[C@@H](C)CC#CCC. The van der Waals surface area contributed by atoms with Gasteiger partial charge in [0.1, 0.15) is 0 Å². The molecule has 0 saturated carbocycles. The fourth-order valence-electron chi connectivity index (χ4n) is 0.711. The van der Waals surface area contributed by atoms with Gasteiger partial charge in [-0.2, -0.15) is 0 Å². The molecule has 1 N–H and O–H groups in total. The maximum Gasteiger partial charge on any atom is 0.0752 e. The third-order valence-corrected chi connectivity index (χ3v) is 1.55. The van der Waals surface area contributed by atoms with E-state index in [1.807, 2.05) is 13.8 Å². The molecule has 0 aliphatic carbocycles. The van der Waals surface area contributed by atoms with Crippen LogP contribution in [0.2, 0.25) is 0 Å². The Hall–Kier alpha value is -0.740. The summed E-state index contributed by atoms with van der Waals surface area (Å²) in [5, 5.41) is 9.24. The Labute approximate surface area is 69.1 Å². The van der Waals surface area contributed by atoms with E-state index in [2.05, 4.69) is 18.4 Å². The van der Waals surface area contributed by atoms with Crippen LogP contribution in [-0.4, -0.2) is 11.2 Å². The van der Waals surface area contributed by atoms with Crippen LogP contribution in [0.25, 0.3) is 0 Å². The first-order valence-corrected chi connectivity index (χ1v) is 3.98. The van der Waals surface area contributed by atoms with Crippen LogP contribution in [-0.2, 0) is 0 Å². The first-order chi connectivity index (χ1) is 5.22. The van der Waals surface area contributed by atoms with Crippen LogP contribution >= 0.6 is 0 Å². The monoisotopic (exact) mass is 152 g/mol. The number of rotatable bonds is 3. The largest absolute Gasteiger partial charge is 0.389 e. The smallest absolute Gasteiger partial charge is 0.0752 e. The van der Waals surface area contributed by atoms with Gasteiger partial charge in [0.2, 0.25) is 0 Å². The highest BCUT2D eigenvalue weighted by Crippen LogP contribution is 2.07. The van der Waals surface area contributed by atoms with E-state index in [1.165, 1.54) is 0 Å². The first kappa shape index (κ1) is 10.3. The van der Waals surface area contributed by atoms with Crippen molar-refractivity contribution in [3.63, 3.8) is 0 Å². The Balaban J connectivity index is 3.67. The highest BCUT2D eigenvalue weighted by molar-refractivity contribution is 5.00. The van der Waals surface area contributed by atoms with Crippen molar-refractivity contribution < 1.29 is 5.11 Å². The maximum absolute atomic E-state index is 9.24. The van der Waals surface area contributed by atoms with Gasteiger partial charge in [-0.3, -0.25) is 0 Å². The molecule has 0 fully saturated rings. The van der Waals surface area contributed by atoms with Crippen LogP contribution in [0.15, 0.2) is 12.7 Å². The molecule has 0 unspecified atom stereocenters. The summed E-state index contributed by atoms with van der Waals surface area (Å²) in [6.07, 6.45) is 2.78. The van der Waals surface area contributed by atoms with Gasteiger partial charge in [0, 0.05) is 12.8 Å². The van der Waals surface area contributed by atoms with Gasteiger partial charge < -0.3 is 5.11 Å². The average molecular weight is 152 g/mol. The summed E-state index contributed by atoms with van der Waals surface area (Å²) in [4.78, 5) is 0. The molecule has 0 aromatic rings. The van der Waals surface area contributed by atoms with Crippen LogP contribution in [0.3, 0.4) is 0 Å². The zero-order valence-corrected chi connectivity index (χ0v) is 7.30. The first-order valence-electron chi connectivity index (χ1n) is 3.98. The predicted molar refractivity (Wildman–Crippen MR) is 48.1 cm³/mol. The number of aliphatic hydroxyl groups excluding tert-OH is 1. The zero-order chi connectivity index (χ0) is 8.69. The van der Waals surface area contributed by atoms with Crippen LogP contribution in [0.1, 0.15) is 26.7 Å². The Kier molecular flexibility index (Phi) is 5.60. The Bertz CT molecular complexity index is 161. The minimum atomic E-state index is -0.416. The second kappa shape index (κ2) is 6.00. The molecule has 1 heteroatoms. The molecule has 1 nitrogen and oxygen atoms in total. The van der Waals surface area contributed by atoms with Gasteiger partial charge in [-0.15, -0.1) is 18.4 Å². The highest BCUT2D eigenvalue weighted by atomic mass is 16.3. The minimum absolute atomic E-state index is 0.201. The fourth-order valence-corrected chi connectivity index (χ4v) is 0.711. The van der Waals surface area contributed by atoms with Gasteiger partial charge in [0.25, 0.3) is 0 Å². The van der Waals surface area contributed by atoms with Gasteiger partial charge in [0.05, 0.1) is 6.10 Å². The highest BCUT2D eigenvalue weighted by Gasteiger charge is 2.07. The van der Waals surface area contributed by atoms with E-state index >= 15 is 0 Å². The lowest BCUT2D eigenvalue weighted by atomic mass is 10.0. The molecule has 0 aromatic heterocycles. The van der Waals surface area contributed by atoms with E-state index in [0.717, 1.165) is 12.8 Å². The lowest BCUT2D eigenvalue weighted by Crippen LogP contribution is -2.13. The molecular weight excluding hydrogens is 136 g/mol. The molecule has 2 atom stereocenters.